The van der Waals surface area contributed by atoms with Gasteiger partial charge in [-0.1, -0.05) is 13.0 Å². The summed E-state index contributed by atoms with van der Waals surface area (Å²) in [6.45, 7) is 5.81. The molecule has 0 radical (unpaired) electrons. The Morgan fingerprint density at radius 2 is 2.18 bits per heavy atom. The van der Waals surface area contributed by atoms with Crippen LogP contribution in [0.3, 0.4) is 0 Å². The molecule has 0 saturated carbocycles. The van der Waals surface area contributed by atoms with Crippen LogP contribution in [-0.4, -0.2) is 25.7 Å². The number of benzene rings is 1. The van der Waals surface area contributed by atoms with Crippen molar-refractivity contribution in [1.82, 2.24) is 5.32 Å². The molecule has 0 aliphatic carbocycles. The molecule has 1 N–H and O–H groups in total. The van der Waals surface area contributed by atoms with Crippen LogP contribution in [0.25, 0.3) is 0 Å². The minimum Gasteiger partial charge on any atom is -0.364 e. The molecule has 1 unspecified atom stereocenters. The molecule has 1 aromatic carbocycles. The molecule has 1 aromatic rings. The van der Waals surface area contributed by atoms with Gasteiger partial charge in [0.1, 0.15) is 11.5 Å². The zero-order valence-electron chi connectivity index (χ0n) is 10.3. The summed E-state index contributed by atoms with van der Waals surface area (Å²) in [6.07, 6.45) is 0.964. The Bertz CT molecular complexity index is 407. The number of anilines is 1. The molecule has 1 fully saturated rings. The van der Waals surface area contributed by atoms with Crippen LogP contribution in [0.15, 0.2) is 12.1 Å². The third kappa shape index (κ3) is 2.41. The lowest BCUT2D eigenvalue weighted by Crippen LogP contribution is -2.51. The SMILES string of the molecule is CCC1CN(c2c(F)ccc(C)c2F)CCN1. The second-order valence-electron chi connectivity index (χ2n) is 4.53. The lowest BCUT2D eigenvalue weighted by Gasteiger charge is -2.35. The van der Waals surface area contributed by atoms with Crippen LogP contribution in [0.2, 0.25) is 0 Å². The third-order valence-electron chi connectivity index (χ3n) is 3.32. The Morgan fingerprint density at radius 3 is 2.88 bits per heavy atom. The van der Waals surface area contributed by atoms with Gasteiger partial charge in [0.05, 0.1) is 0 Å². The van der Waals surface area contributed by atoms with Crippen LogP contribution in [0.1, 0.15) is 18.9 Å². The number of nitrogens with zero attached hydrogens (tertiary/aromatic N) is 1. The van der Waals surface area contributed by atoms with Gasteiger partial charge in [-0.25, -0.2) is 8.78 Å². The number of nitrogens with one attached hydrogen (secondary N) is 1. The predicted molar refractivity (Wildman–Crippen MR) is 65.4 cm³/mol. The van der Waals surface area contributed by atoms with Crippen molar-refractivity contribution in [3.05, 3.63) is 29.3 Å². The molecule has 2 rings (SSSR count). The van der Waals surface area contributed by atoms with E-state index in [1.807, 2.05) is 4.90 Å². The van der Waals surface area contributed by atoms with E-state index in [0.717, 1.165) is 13.0 Å². The van der Waals surface area contributed by atoms with Gasteiger partial charge in [0, 0.05) is 25.7 Å². The van der Waals surface area contributed by atoms with E-state index in [1.54, 1.807) is 6.92 Å². The van der Waals surface area contributed by atoms with E-state index in [2.05, 4.69) is 12.2 Å². The first-order valence-electron chi connectivity index (χ1n) is 6.06. The Balaban J connectivity index is 2.30. The van der Waals surface area contributed by atoms with Gasteiger partial charge in [0.15, 0.2) is 5.82 Å². The smallest absolute Gasteiger partial charge is 0.152 e. The number of halogens is 2. The lowest BCUT2D eigenvalue weighted by atomic mass is 10.1. The lowest BCUT2D eigenvalue weighted by molar-refractivity contribution is 0.437. The molecule has 1 aliphatic heterocycles. The standard InChI is InChI=1S/C13H18F2N2/c1-3-10-8-17(7-6-16-10)13-11(14)5-4-9(2)12(13)15/h4-5,10,16H,3,6-8H2,1-2H3. The van der Waals surface area contributed by atoms with E-state index in [1.165, 1.54) is 12.1 Å². The van der Waals surface area contributed by atoms with Gasteiger partial charge in [-0.15, -0.1) is 0 Å². The van der Waals surface area contributed by atoms with E-state index in [0.29, 0.717) is 24.7 Å². The number of rotatable bonds is 2. The highest BCUT2D eigenvalue weighted by atomic mass is 19.1. The van der Waals surface area contributed by atoms with Gasteiger partial charge in [0.25, 0.3) is 0 Å². The first kappa shape index (κ1) is 12.3. The zero-order valence-corrected chi connectivity index (χ0v) is 10.3. The molecule has 0 amide bonds. The largest absolute Gasteiger partial charge is 0.364 e. The average Bonchev–Trinajstić information content (AvgIpc) is 2.35. The van der Waals surface area contributed by atoms with Gasteiger partial charge >= 0.3 is 0 Å². The van der Waals surface area contributed by atoms with Crippen LogP contribution < -0.4 is 10.2 Å². The van der Waals surface area contributed by atoms with Gasteiger partial charge in [-0.2, -0.15) is 0 Å². The van der Waals surface area contributed by atoms with Crippen LogP contribution in [-0.2, 0) is 0 Å². The first-order valence-corrected chi connectivity index (χ1v) is 6.06. The van der Waals surface area contributed by atoms with Crippen molar-refractivity contribution in [2.24, 2.45) is 0 Å². The van der Waals surface area contributed by atoms with Crippen molar-refractivity contribution in [1.29, 1.82) is 0 Å². The van der Waals surface area contributed by atoms with E-state index >= 15 is 0 Å². The van der Waals surface area contributed by atoms with E-state index in [-0.39, 0.29) is 5.69 Å². The summed E-state index contributed by atoms with van der Waals surface area (Å²) in [5.41, 5.74) is 0.623. The molecule has 0 aromatic heterocycles. The van der Waals surface area contributed by atoms with Gasteiger partial charge in [-0.05, 0) is 25.0 Å². The number of aryl methyl sites for hydroxylation is 1. The van der Waals surface area contributed by atoms with Gasteiger partial charge in [0.2, 0.25) is 0 Å². The maximum Gasteiger partial charge on any atom is 0.152 e. The molecule has 0 spiro atoms. The van der Waals surface area contributed by atoms with E-state index < -0.39 is 11.6 Å². The van der Waals surface area contributed by atoms with Crippen molar-refractivity contribution in [3.63, 3.8) is 0 Å². The summed E-state index contributed by atoms with van der Waals surface area (Å²) in [5.74, 6) is -0.897. The van der Waals surface area contributed by atoms with Crippen molar-refractivity contribution < 1.29 is 8.78 Å². The van der Waals surface area contributed by atoms with Crippen LogP contribution in [0.5, 0.6) is 0 Å². The maximum absolute atomic E-state index is 14.0. The highest BCUT2D eigenvalue weighted by Gasteiger charge is 2.23. The first-order chi connectivity index (χ1) is 8.13. The molecule has 94 valence electrons. The van der Waals surface area contributed by atoms with Crippen LogP contribution in [0.4, 0.5) is 14.5 Å². The predicted octanol–water partition coefficient (Wildman–Crippen LogP) is 2.46. The van der Waals surface area contributed by atoms with Crippen molar-refractivity contribution in [2.45, 2.75) is 26.3 Å². The topological polar surface area (TPSA) is 15.3 Å². The Kier molecular flexibility index (Phi) is 3.62. The molecule has 1 aliphatic rings. The Morgan fingerprint density at radius 1 is 1.41 bits per heavy atom. The van der Waals surface area contributed by atoms with Crippen LogP contribution >= 0.6 is 0 Å². The summed E-state index contributed by atoms with van der Waals surface area (Å²) in [7, 11) is 0. The highest BCUT2D eigenvalue weighted by molar-refractivity contribution is 5.52. The summed E-state index contributed by atoms with van der Waals surface area (Å²) < 4.78 is 27.7. The molecule has 2 nitrogen and oxygen atoms in total. The normalized spacial score (nSPS) is 20.7. The molecule has 17 heavy (non-hydrogen) atoms. The van der Waals surface area contributed by atoms with Crippen molar-refractivity contribution >= 4 is 5.69 Å². The Labute approximate surface area is 101 Å². The summed E-state index contributed by atoms with van der Waals surface area (Å²) >= 11 is 0. The molecular formula is C13H18F2N2. The van der Waals surface area contributed by atoms with Crippen molar-refractivity contribution in [3.8, 4) is 0 Å². The minimum absolute atomic E-state index is 0.130. The van der Waals surface area contributed by atoms with Gasteiger partial charge < -0.3 is 10.2 Å². The van der Waals surface area contributed by atoms with Crippen molar-refractivity contribution in [2.75, 3.05) is 24.5 Å². The van der Waals surface area contributed by atoms with E-state index in [4.69, 9.17) is 0 Å². The third-order valence-corrected chi connectivity index (χ3v) is 3.32. The number of piperazine rings is 1. The monoisotopic (exact) mass is 240 g/mol. The van der Waals surface area contributed by atoms with E-state index in [9.17, 15) is 8.78 Å². The second-order valence-corrected chi connectivity index (χ2v) is 4.53. The molecular weight excluding hydrogens is 222 g/mol. The Hall–Kier alpha value is -1.16. The molecule has 1 saturated heterocycles. The molecule has 0 bridgehead atoms. The second kappa shape index (κ2) is 5.00. The fourth-order valence-corrected chi connectivity index (χ4v) is 2.23. The summed E-state index contributed by atoms with van der Waals surface area (Å²) in [4.78, 5) is 1.81. The highest BCUT2D eigenvalue weighted by Crippen LogP contribution is 2.26. The summed E-state index contributed by atoms with van der Waals surface area (Å²) in [6, 6.07) is 3.13. The molecule has 4 heteroatoms. The minimum atomic E-state index is -0.468. The number of hydrogen-bond donors (Lipinski definition) is 1. The van der Waals surface area contributed by atoms with Gasteiger partial charge in [-0.3, -0.25) is 0 Å². The fraction of sp³-hybridized carbons (Fsp3) is 0.538. The van der Waals surface area contributed by atoms with Crippen LogP contribution in [0, 0.1) is 18.6 Å². The quantitative estimate of drug-likeness (QED) is 0.854. The molecule has 1 atom stereocenters. The fourth-order valence-electron chi connectivity index (χ4n) is 2.23. The summed E-state index contributed by atoms with van der Waals surface area (Å²) in [5, 5.41) is 3.34. The maximum atomic E-state index is 14.0. The zero-order chi connectivity index (χ0) is 12.4. The average molecular weight is 240 g/mol. The number of hydrogen-bond acceptors (Lipinski definition) is 2. The molecule has 1 heterocycles.